The molecular formula is C28H26ClN3O4. The molecule has 0 fully saturated rings. The average molecular weight is 504 g/mol. The Morgan fingerprint density at radius 1 is 1.03 bits per heavy atom. The Labute approximate surface area is 214 Å². The molecule has 0 aliphatic carbocycles. The lowest BCUT2D eigenvalue weighted by Gasteiger charge is -2.26. The molecule has 3 aromatic carbocycles. The average Bonchev–Trinajstić information content (AvgIpc) is 3.44. The van der Waals surface area contributed by atoms with Gasteiger partial charge in [-0.2, -0.15) is 5.10 Å². The first-order valence-corrected chi connectivity index (χ1v) is 11.9. The number of H-pyrrole nitrogens is 1. The number of hydrogen-bond donors (Lipinski definition) is 2. The summed E-state index contributed by atoms with van der Waals surface area (Å²) in [6.45, 7) is 2.32. The smallest absolute Gasteiger partial charge is 0.273 e. The molecule has 1 aliphatic heterocycles. The van der Waals surface area contributed by atoms with Gasteiger partial charge in [0.05, 0.1) is 20.3 Å². The Morgan fingerprint density at radius 3 is 2.31 bits per heavy atom. The van der Waals surface area contributed by atoms with Crippen molar-refractivity contribution in [1.82, 2.24) is 15.1 Å². The maximum atomic E-state index is 13.6. The van der Waals surface area contributed by atoms with Gasteiger partial charge in [0.25, 0.3) is 5.91 Å². The van der Waals surface area contributed by atoms with Crippen LogP contribution < -0.4 is 9.47 Å². The minimum absolute atomic E-state index is 0.0591. The van der Waals surface area contributed by atoms with Crippen molar-refractivity contribution in [3.63, 3.8) is 0 Å². The third kappa shape index (κ3) is 4.16. The molecule has 0 saturated heterocycles. The SMILES string of the molecule is COc1ccc(CCN2C(=O)c3[nH]nc(-c4cc(Cl)c(C)cc4O)c3[C@H]2c2ccc(OC)cc2)cc1. The number of nitrogens with one attached hydrogen (secondary N) is 1. The number of aromatic amines is 1. The third-order valence-corrected chi connectivity index (χ3v) is 7.04. The van der Waals surface area contributed by atoms with Crippen molar-refractivity contribution in [2.75, 3.05) is 20.8 Å². The van der Waals surface area contributed by atoms with E-state index in [9.17, 15) is 9.90 Å². The molecule has 5 rings (SSSR count). The van der Waals surface area contributed by atoms with Gasteiger partial charge in [-0.25, -0.2) is 0 Å². The molecule has 2 heterocycles. The maximum Gasteiger partial charge on any atom is 0.273 e. The van der Waals surface area contributed by atoms with Crippen molar-refractivity contribution in [2.45, 2.75) is 19.4 Å². The first kappa shape index (κ1) is 23.8. The van der Waals surface area contributed by atoms with Gasteiger partial charge >= 0.3 is 0 Å². The number of aromatic nitrogens is 2. The summed E-state index contributed by atoms with van der Waals surface area (Å²) in [7, 11) is 3.25. The van der Waals surface area contributed by atoms with Gasteiger partial charge in [-0.15, -0.1) is 0 Å². The zero-order valence-electron chi connectivity index (χ0n) is 20.2. The number of benzene rings is 3. The predicted octanol–water partition coefficient (Wildman–Crippen LogP) is 5.55. The van der Waals surface area contributed by atoms with Crippen molar-refractivity contribution in [1.29, 1.82) is 0 Å². The van der Waals surface area contributed by atoms with Crippen molar-refractivity contribution in [3.05, 3.63) is 93.6 Å². The fraction of sp³-hybridized carbons (Fsp3) is 0.214. The Balaban J connectivity index is 1.57. The summed E-state index contributed by atoms with van der Waals surface area (Å²) in [5.74, 6) is 1.43. The monoisotopic (exact) mass is 503 g/mol. The van der Waals surface area contributed by atoms with Crippen LogP contribution in [0.25, 0.3) is 11.3 Å². The summed E-state index contributed by atoms with van der Waals surface area (Å²) in [4.78, 5) is 15.4. The lowest BCUT2D eigenvalue weighted by Crippen LogP contribution is -2.31. The van der Waals surface area contributed by atoms with E-state index >= 15 is 0 Å². The first-order valence-electron chi connectivity index (χ1n) is 11.6. The standard InChI is InChI=1S/C28H26ClN3O4/c1-16-14-23(33)21(15-22(16)29)25-24-26(31-30-25)28(34)32(13-12-17-4-8-19(35-2)9-5-17)27(24)18-6-10-20(36-3)11-7-18/h4-11,14-15,27,33H,12-13H2,1-3H3,(H,30,31)/t27-/m1/s1. The number of phenols is 1. The summed E-state index contributed by atoms with van der Waals surface area (Å²) in [5, 5.41) is 18.6. The molecule has 0 unspecified atom stereocenters. The number of aryl methyl sites for hydroxylation is 1. The molecule has 1 aromatic heterocycles. The normalized spacial score (nSPS) is 14.7. The highest BCUT2D eigenvalue weighted by molar-refractivity contribution is 6.31. The number of carbonyl (C=O) groups excluding carboxylic acids is 1. The van der Waals surface area contributed by atoms with Gasteiger partial charge in [0.2, 0.25) is 0 Å². The van der Waals surface area contributed by atoms with Gasteiger partial charge < -0.3 is 19.5 Å². The van der Waals surface area contributed by atoms with Crippen LogP contribution in [0.5, 0.6) is 17.2 Å². The van der Waals surface area contributed by atoms with Crippen LogP contribution in [0.3, 0.4) is 0 Å². The summed E-state index contributed by atoms with van der Waals surface area (Å²) in [6.07, 6.45) is 0.664. The Bertz CT molecular complexity index is 1410. The summed E-state index contributed by atoms with van der Waals surface area (Å²) < 4.78 is 10.6. The van der Waals surface area contributed by atoms with E-state index in [1.165, 1.54) is 0 Å². The number of nitrogens with zero attached hydrogens (tertiary/aromatic N) is 2. The lowest BCUT2D eigenvalue weighted by molar-refractivity contribution is 0.0746. The van der Waals surface area contributed by atoms with E-state index < -0.39 is 6.04 Å². The molecule has 2 N–H and O–H groups in total. The highest BCUT2D eigenvalue weighted by Gasteiger charge is 2.42. The number of hydrogen-bond acceptors (Lipinski definition) is 5. The molecule has 0 radical (unpaired) electrons. The highest BCUT2D eigenvalue weighted by atomic mass is 35.5. The number of carbonyl (C=O) groups is 1. The zero-order valence-corrected chi connectivity index (χ0v) is 21.0. The summed E-state index contributed by atoms with van der Waals surface area (Å²) in [5.41, 5.74) is 4.88. The molecular weight excluding hydrogens is 478 g/mol. The van der Waals surface area contributed by atoms with Gasteiger partial charge in [-0.05, 0) is 66.4 Å². The van der Waals surface area contributed by atoms with Gasteiger partial charge in [-0.3, -0.25) is 9.89 Å². The quantitative estimate of drug-likeness (QED) is 0.345. The molecule has 36 heavy (non-hydrogen) atoms. The number of fused-ring (bicyclic) bond motifs is 1. The molecule has 0 spiro atoms. The molecule has 7 nitrogen and oxygen atoms in total. The highest BCUT2D eigenvalue weighted by Crippen LogP contribution is 2.45. The second kappa shape index (κ2) is 9.59. The number of methoxy groups -OCH3 is 2. The summed E-state index contributed by atoms with van der Waals surface area (Å²) >= 11 is 6.39. The fourth-order valence-corrected chi connectivity index (χ4v) is 4.83. The van der Waals surface area contributed by atoms with Crippen molar-refractivity contribution in [3.8, 4) is 28.5 Å². The molecule has 4 aromatic rings. The van der Waals surface area contributed by atoms with E-state index in [1.54, 1.807) is 26.4 Å². The van der Waals surface area contributed by atoms with Gasteiger partial charge in [0.1, 0.15) is 28.6 Å². The topological polar surface area (TPSA) is 87.7 Å². The number of phenolic OH excluding ortho intramolecular Hbond substituents is 1. The van der Waals surface area contributed by atoms with E-state index in [-0.39, 0.29) is 11.7 Å². The summed E-state index contributed by atoms with van der Waals surface area (Å²) in [6, 6.07) is 18.4. The van der Waals surface area contributed by atoms with Crippen LogP contribution in [0.15, 0.2) is 60.7 Å². The largest absolute Gasteiger partial charge is 0.507 e. The van der Waals surface area contributed by atoms with Crippen LogP contribution in [0, 0.1) is 6.92 Å². The molecule has 1 amide bonds. The minimum atomic E-state index is -0.398. The number of aromatic hydroxyl groups is 1. The second-order valence-corrected chi connectivity index (χ2v) is 9.16. The van der Waals surface area contributed by atoms with Crippen LogP contribution in [0.2, 0.25) is 5.02 Å². The fourth-order valence-electron chi connectivity index (χ4n) is 4.66. The van der Waals surface area contributed by atoms with Crippen molar-refractivity contribution >= 4 is 17.5 Å². The molecule has 0 saturated carbocycles. The Morgan fingerprint density at radius 2 is 1.67 bits per heavy atom. The van der Waals surface area contributed by atoms with Gasteiger partial charge in [-0.1, -0.05) is 35.9 Å². The third-order valence-electron chi connectivity index (χ3n) is 6.63. The zero-order chi connectivity index (χ0) is 25.4. The lowest BCUT2D eigenvalue weighted by atomic mass is 9.95. The van der Waals surface area contributed by atoms with Crippen LogP contribution in [0.1, 0.15) is 38.8 Å². The van der Waals surface area contributed by atoms with E-state index in [1.807, 2.05) is 60.4 Å². The van der Waals surface area contributed by atoms with E-state index in [2.05, 4.69) is 10.2 Å². The van der Waals surface area contributed by atoms with E-state index in [4.69, 9.17) is 21.1 Å². The number of ether oxygens (including phenoxy) is 2. The number of rotatable bonds is 7. The molecule has 184 valence electrons. The molecule has 1 aliphatic rings. The van der Waals surface area contributed by atoms with Crippen molar-refractivity contribution in [2.24, 2.45) is 0 Å². The Hall–Kier alpha value is -3.97. The van der Waals surface area contributed by atoms with Crippen molar-refractivity contribution < 1.29 is 19.4 Å². The van der Waals surface area contributed by atoms with E-state index in [0.29, 0.717) is 34.9 Å². The van der Waals surface area contributed by atoms with Crippen LogP contribution in [0.4, 0.5) is 0 Å². The second-order valence-electron chi connectivity index (χ2n) is 8.75. The van der Waals surface area contributed by atoms with Crippen LogP contribution in [-0.4, -0.2) is 46.9 Å². The van der Waals surface area contributed by atoms with Crippen LogP contribution in [-0.2, 0) is 6.42 Å². The molecule has 0 bridgehead atoms. The maximum absolute atomic E-state index is 13.6. The molecule has 1 atom stereocenters. The van der Waals surface area contributed by atoms with E-state index in [0.717, 1.165) is 33.8 Å². The first-order chi connectivity index (χ1) is 17.4. The van der Waals surface area contributed by atoms with Crippen LogP contribution >= 0.6 is 11.6 Å². The Kier molecular flexibility index (Phi) is 6.33. The number of halogens is 1. The van der Waals surface area contributed by atoms with Gasteiger partial charge in [0, 0.05) is 22.7 Å². The predicted molar refractivity (Wildman–Crippen MR) is 138 cm³/mol. The minimum Gasteiger partial charge on any atom is -0.507 e. The van der Waals surface area contributed by atoms with Gasteiger partial charge in [0.15, 0.2) is 0 Å². The number of amides is 1. The molecule has 8 heteroatoms.